The van der Waals surface area contributed by atoms with Gasteiger partial charge in [0.1, 0.15) is 0 Å². The summed E-state index contributed by atoms with van der Waals surface area (Å²) in [6, 6.07) is 16.1. The second kappa shape index (κ2) is 8.90. The SMILES string of the molecule is Cc1ccccc1SCC(=O)OCC(=O)NC1CCCc2ccccc21. The number of thioether (sulfide) groups is 1. The molecule has 2 aromatic rings. The molecule has 0 saturated carbocycles. The molecule has 0 radical (unpaired) electrons. The maximum Gasteiger partial charge on any atom is 0.316 e. The number of esters is 1. The van der Waals surface area contributed by atoms with E-state index in [2.05, 4.69) is 17.4 Å². The second-order valence-electron chi connectivity index (χ2n) is 6.43. The van der Waals surface area contributed by atoms with Gasteiger partial charge in [0.2, 0.25) is 0 Å². The minimum Gasteiger partial charge on any atom is -0.455 e. The van der Waals surface area contributed by atoms with Crippen molar-refractivity contribution in [3.8, 4) is 0 Å². The van der Waals surface area contributed by atoms with Crippen molar-refractivity contribution in [1.82, 2.24) is 5.32 Å². The van der Waals surface area contributed by atoms with Crippen molar-refractivity contribution in [3.05, 3.63) is 65.2 Å². The molecule has 0 aromatic heterocycles. The van der Waals surface area contributed by atoms with E-state index in [0.29, 0.717) is 0 Å². The van der Waals surface area contributed by atoms with Crippen molar-refractivity contribution in [2.45, 2.75) is 37.1 Å². The van der Waals surface area contributed by atoms with Gasteiger partial charge in [0.15, 0.2) is 6.61 Å². The Morgan fingerprint density at radius 2 is 1.92 bits per heavy atom. The summed E-state index contributed by atoms with van der Waals surface area (Å²) in [5, 5.41) is 2.99. The summed E-state index contributed by atoms with van der Waals surface area (Å²) in [4.78, 5) is 25.1. The van der Waals surface area contributed by atoms with Gasteiger partial charge in [-0.1, -0.05) is 42.5 Å². The van der Waals surface area contributed by atoms with Gasteiger partial charge in [-0.2, -0.15) is 0 Å². The van der Waals surface area contributed by atoms with Crippen LogP contribution in [0.25, 0.3) is 0 Å². The third-order valence-electron chi connectivity index (χ3n) is 4.51. The van der Waals surface area contributed by atoms with E-state index in [1.807, 2.05) is 43.3 Å². The van der Waals surface area contributed by atoms with Crippen LogP contribution >= 0.6 is 11.8 Å². The molecule has 0 spiro atoms. The highest BCUT2D eigenvalue weighted by molar-refractivity contribution is 8.00. The molecular weight excluding hydrogens is 346 g/mol. The van der Waals surface area contributed by atoms with Crippen molar-refractivity contribution in [2.24, 2.45) is 0 Å². The number of fused-ring (bicyclic) bond motifs is 1. The zero-order valence-electron chi connectivity index (χ0n) is 14.9. The first-order chi connectivity index (χ1) is 12.6. The van der Waals surface area contributed by atoms with Crippen molar-refractivity contribution < 1.29 is 14.3 Å². The molecule has 136 valence electrons. The summed E-state index contributed by atoms with van der Waals surface area (Å²) in [7, 11) is 0. The summed E-state index contributed by atoms with van der Waals surface area (Å²) in [6.07, 6.45) is 3.02. The number of carbonyl (C=O) groups is 2. The molecule has 1 aliphatic carbocycles. The van der Waals surface area contributed by atoms with Crippen LogP contribution in [0.1, 0.15) is 35.6 Å². The summed E-state index contributed by atoms with van der Waals surface area (Å²) in [5.74, 6) is -0.428. The monoisotopic (exact) mass is 369 g/mol. The van der Waals surface area contributed by atoms with Gasteiger partial charge in [-0.05, 0) is 48.9 Å². The topological polar surface area (TPSA) is 55.4 Å². The van der Waals surface area contributed by atoms with Gasteiger partial charge in [0.05, 0.1) is 11.8 Å². The molecule has 1 N–H and O–H groups in total. The van der Waals surface area contributed by atoms with Gasteiger partial charge >= 0.3 is 5.97 Å². The Balaban J connectivity index is 1.44. The molecule has 3 rings (SSSR count). The Morgan fingerprint density at radius 1 is 1.15 bits per heavy atom. The van der Waals surface area contributed by atoms with Crippen LogP contribution in [0.4, 0.5) is 0 Å². The number of carbonyl (C=O) groups excluding carboxylic acids is 2. The molecule has 1 unspecified atom stereocenters. The summed E-state index contributed by atoms with van der Waals surface area (Å²) >= 11 is 1.43. The molecule has 0 fully saturated rings. The lowest BCUT2D eigenvalue weighted by atomic mass is 9.88. The molecule has 0 bridgehead atoms. The minimum absolute atomic E-state index is 0.00694. The Hall–Kier alpha value is -2.27. The zero-order valence-corrected chi connectivity index (χ0v) is 15.7. The van der Waals surface area contributed by atoms with Gasteiger partial charge in [-0.25, -0.2) is 0 Å². The predicted molar refractivity (Wildman–Crippen MR) is 103 cm³/mol. The number of hydrogen-bond acceptors (Lipinski definition) is 4. The fraction of sp³-hybridized carbons (Fsp3) is 0.333. The highest BCUT2D eigenvalue weighted by Crippen LogP contribution is 2.29. The maximum absolute atomic E-state index is 12.2. The van der Waals surface area contributed by atoms with E-state index >= 15 is 0 Å². The Kier molecular flexibility index (Phi) is 6.34. The molecule has 26 heavy (non-hydrogen) atoms. The van der Waals surface area contributed by atoms with Crippen molar-refractivity contribution >= 4 is 23.6 Å². The number of aryl methyl sites for hydroxylation is 2. The molecular formula is C21H23NO3S. The fourth-order valence-corrected chi connectivity index (χ4v) is 4.01. The van der Waals surface area contributed by atoms with E-state index in [4.69, 9.17) is 4.74 Å². The van der Waals surface area contributed by atoms with Crippen molar-refractivity contribution in [1.29, 1.82) is 0 Å². The molecule has 1 amide bonds. The number of benzene rings is 2. The van der Waals surface area contributed by atoms with Gasteiger partial charge in [0.25, 0.3) is 5.91 Å². The first kappa shape index (κ1) is 18.5. The predicted octanol–water partition coefficient (Wildman–Crippen LogP) is 3.82. The highest BCUT2D eigenvalue weighted by atomic mass is 32.2. The maximum atomic E-state index is 12.2. The molecule has 1 aliphatic rings. The summed E-state index contributed by atoms with van der Waals surface area (Å²) in [6.45, 7) is 1.77. The highest BCUT2D eigenvalue weighted by Gasteiger charge is 2.21. The van der Waals surface area contributed by atoms with Crippen LogP contribution in [-0.4, -0.2) is 24.2 Å². The molecule has 2 aromatic carbocycles. The van der Waals surface area contributed by atoms with Gasteiger partial charge in [0, 0.05) is 4.90 Å². The van der Waals surface area contributed by atoms with Crippen LogP contribution < -0.4 is 5.32 Å². The molecule has 4 nitrogen and oxygen atoms in total. The molecule has 0 saturated heterocycles. The molecule has 5 heteroatoms. The minimum atomic E-state index is -0.377. The second-order valence-corrected chi connectivity index (χ2v) is 7.44. The molecule has 1 atom stereocenters. The number of amides is 1. The number of hydrogen-bond donors (Lipinski definition) is 1. The molecule has 0 heterocycles. The lowest BCUT2D eigenvalue weighted by Crippen LogP contribution is -2.34. The average Bonchev–Trinajstić information content (AvgIpc) is 2.66. The van der Waals surface area contributed by atoms with Crippen molar-refractivity contribution in [2.75, 3.05) is 12.4 Å². The van der Waals surface area contributed by atoms with Crippen LogP contribution in [0.15, 0.2) is 53.4 Å². The standard InChI is InChI=1S/C21H23NO3S/c1-15-7-2-5-12-19(15)26-14-21(24)25-13-20(23)22-18-11-6-9-16-8-3-4-10-17(16)18/h2-5,7-8,10,12,18H,6,9,11,13-14H2,1H3,(H,22,23). The summed E-state index contributed by atoms with van der Waals surface area (Å²) < 4.78 is 5.12. The van der Waals surface area contributed by atoms with Gasteiger partial charge < -0.3 is 10.1 Å². The zero-order chi connectivity index (χ0) is 18.4. The number of nitrogens with one attached hydrogen (secondary N) is 1. The van der Waals surface area contributed by atoms with Crippen molar-refractivity contribution in [3.63, 3.8) is 0 Å². The van der Waals surface area contributed by atoms with E-state index in [1.165, 1.54) is 22.9 Å². The van der Waals surface area contributed by atoms with Gasteiger partial charge in [-0.15, -0.1) is 11.8 Å². The Labute approximate surface area is 158 Å². The normalized spacial score (nSPS) is 15.8. The quantitative estimate of drug-likeness (QED) is 0.621. The Morgan fingerprint density at radius 3 is 2.77 bits per heavy atom. The molecule has 0 aliphatic heterocycles. The van der Waals surface area contributed by atoms with Gasteiger partial charge in [-0.3, -0.25) is 9.59 Å². The van der Waals surface area contributed by atoms with E-state index in [0.717, 1.165) is 29.7 Å². The van der Waals surface area contributed by atoms with Crippen LogP contribution in [0.5, 0.6) is 0 Å². The third kappa shape index (κ3) is 4.88. The third-order valence-corrected chi connectivity index (χ3v) is 5.66. The fourth-order valence-electron chi connectivity index (χ4n) is 3.18. The van der Waals surface area contributed by atoms with E-state index in [-0.39, 0.29) is 30.3 Å². The average molecular weight is 369 g/mol. The largest absolute Gasteiger partial charge is 0.455 e. The summed E-state index contributed by atoms with van der Waals surface area (Å²) in [5.41, 5.74) is 3.59. The first-order valence-electron chi connectivity index (χ1n) is 8.84. The number of ether oxygens (including phenoxy) is 1. The van der Waals surface area contributed by atoms with Crippen LogP contribution in [0, 0.1) is 6.92 Å². The first-order valence-corrected chi connectivity index (χ1v) is 9.83. The van der Waals surface area contributed by atoms with Crippen LogP contribution in [0.2, 0.25) is 0 Å². The smallest absolute Gasteiger partial charge is 0.316 e. The van der Waals surface area contributed by atoms with Crippen LogP contribution in [0.3, 0.4) is 0 Å². The number of rotatable bonds is 6. The van der Waals surface area contributed by atoms with E-state index in [1.54, 1.807) is 0 Å². The van der Waals surface area contributed by atoms with E-state index < -0.39 is 0 Å². The Bertz CT molecular complexity index is 790. The lowest BCUT2D eigenvalue weighted by Gasteiger charge is -2.26. The van der Waals surface area contributed by atoms with Crippen LogP contribution in [-0.2, 0) is 20.7 Å². The van der Waals surface area contributed by atoms with E-state index in [9.17, 15) is 9.59 Å². The lowest BCUT2D eigenvalue weighted by molar-refractivity contribution is -0.146.